The number of benzene rings is 1. The number of aromatic amines is 1. The van der Waals surface area contributed by atoms with Gasteiger partial charge in [0.1, 0.15) is 15.9 Å². The number of aromatic nitrogens is 4. The minimum Gasteiger partial charge on any atom is -0.282 e. The smallest absolute Gasteiger partial charge is 0.245 e. The zero-order valence-corrected chi connectivity index (χ0v) is 14.1. The summed E-state index contributed by atoms with van der Waals surface area (Å²) in [5.74, 6) is 0. The number of sulfonamides is 1. The summed E-state index contributed by atoms with van der Waals surface area (Å²) in [6.07, 6.45) is 1.43. The Bertz CT molecular complexity index is 963. The molecule has 1 aliphatic rings. The van der Waals surface area contributed by atoms with Gasteiger partial charge in [0.2, 0.25) is 10.0 Å². The molecule has 9 heteroatoms. The van der Waals surface area contributed by atoms with Crippen LogP contribution in [0.1, 0.15) is 23.9 Å². The van der Waals surface area contributed by atoms with E-state index in [1.807, 2.05) is 6.92 Å². The lowest BCUT2D eigenvalue weighted by Crippen LogP contribution is -2.36. The van der Waals surface area contributed by atoms with Gasteiger partial charge in [-0.25, -0.2) is 8.42 Å². The second kappa shape index (κ2) is 5.36. The second-order valence-electron chi connectivity index (χ2n) is 5.46. The third-order valence-electron chi connectivity index (χ3n) is 4.19. The number of nitrogens with one attached hydrogen (secondary N) is 1. The van der Waals surface area contributed by atoms with Gasteiger partial charge in [-0.1, -0.05) is 13.0 Å². The molecule has 0 saturated heterocycles. The van der Waals surface area contributed by atoms with E-state index in [0.717, 1.165) is 35.1 Å². The molecule has 0 bridgehead atoms. The molecule has 1 N–H and O–H groups in total. The molecule has 2 aromatic heterocycles. The van der Waals surface area contributed by atoms with Crippen molar-refractivity contribution in [1.82, 2.24) is 23.2 Å². The van der Waals surface area contributed by atoms with Crippen LogP contribution in [0.5, 0.6) is 0 Å². The molecule has 1 aliphatic heterocycles. The topological polar surface area (TPSA) is 91.8 Å². The molecule has 0 unspecified atom stereocenters. The molecule has 0 amide bonds. The van der Waals surface area contributed by atoms with Gasteiger partial charge in [-0.05, 0) is 18.6 Å². The fourth-order valence-electron chi connectivity index (χ4n) is 2.96. The van der Waals surface area contributed by atoms with Crippen molar-refractivity contribution in [3.8, 4) is 0 Å². The molecule has 4 rings (SSSR count). The standard InChI is InChI=1S/C14H15N5O2S2/c1-2-10-9-8-19(7-6-11(9)16-15-10)23(20,21)13-5-3-4-12-14(13)18-22-17-12/h3-5H,2,6-8H2,1H3,(H,15,16). The lowest BCUT2D eigenvalue weighted by atomic mass is 10.1. The van der Waals surface area contributed by atoms with Crippen molar-refractivity contribution < 1.29 is 8.42 Å². The molecule has 0 atom stereocenters. The summed E-state index contributed by atoms with van der Waals surface area (Å²) in [7, 11) is -3.61. The Morgan fingerprint density at radius 2 is 2.22 bits per heavy atom. The number of fused-ring (bicyclic) bond motifs is 2. The minimum atomic E-state index is -3.61. The van der Waals surface area contributed by atoms with Crippen molar-refractivity contribution in [1.29, 1.82) is 0 Å². The van der Waals surface area contributed by atoms with Crippen molar-refractivity contribution in [2.45, 2.75) is 31.2 Å². The number of aryl methyl sites for hydroxylation is 1. The number of nitrogens with zero attached hydrogens (tertiary/aromatic N) is 4. The Kier molecular flexibility index (Phi) is 3.43. The minimum absolute atomic E-state index is 0.230. The molecule has 3 heterocycles. The van der Waals surface area contributed by atoms with E-state index in [4.69, 9.17) is 0 Å². The second-order valence-corrected chi connectivity index (χ2v) is 7.89. The number of rotatable bonds is 3. The molecular weight excluding hydrogens is 334 g/mol. The molecule has 3 aromatic rings. The highest BCUT2D eigenvalue weighted by Crippen LogP contribution is 2.29. The van der Waals surface area contributed by atoms with Crippen LogP contribution >= 0.6 is 11.7 Å². The normalized spacial score (nSPS) is 15.9. The molecule has 7 nitrogen and oxygen atoms in total. The molecule has 0 saturated carbocycles. The van der Waals surface area contributed by atoms with Crippen LogP contribution in [-0.2, 0) is 29.4 Å². The van der Waals surface area contributed by atoms with Gasteiger partial charge in [0, 0.05) is 30.8 Å². The van der Waals surface area contributed by atoms with Gasteiger partial charge in [-0.2, -0.15) is 18.2 Å². The number of hydrogen-bond acceptors (Lipinski definition) is 6. The third kappa shape index (κ3) is 2.27. The van der Waals surface area contributed by atoms with E-state index in [1.165, 1.54) is 4.31 Å². The summed E-state index contributed by atoms with van der Waals surface area (Å²) >= 11 is 1.03. The van der Waals surface area contributed by atoms with Crippen LogP contribution in [0.2, 0.25) is 0 Å². The van der Waals surface area contributed by atoms with Crippen LogP contribution in [-0.4, -0.2) is 38.2 Å². The molecular formula is C14H15N5O2S2. The predicted molar refractivity (Wildman–Crippen MR) is 86.7 cm³/mol. The Labute approximate surface area is 137 Å². The number of hydrogen-bond donors (Lipinski definition) is 1. The fraction of sp³-hybridized carbons (Fsp3) is 0.357. The molecule has 0 radical (unpaired) electrons. The number of H-pyrrole nitrogens is 1. The van der Waals surface area contributed by atoms with E-state index in [2.05, 4.69) is 18.9 Å². The van der Waals surface area contributed by atoms with Crippen molar-refractivity contribution >= 4 is 32.8 Å². The molecule has 0 aliphatic carbocycles. The maximum Gasteiger partial charge on any atom is 0.245 e. The highest BCUT2D eigenvalue weighted by Gasteiger charge is 2.32. The van der Waals surface area contributed by atoms with E-state index < -0.39 is 10.0 Å². The highest BCUT2D eigenvalue weighted by atomic mass is 32.2. The highest BCUT2D eigenvalue weighted by molar-refractivity contribution is 7.89. The average molecular weight is 349 g/mol. The van der Waals surface area contributed by atoms with Gasteiger partial charge < -0.3 is 0 Å². The average Bonchev–Trinajstić information content (AvgIpc) is 3.19. The molecule has 0 fully saturated rings. The first-order valence-electron chi connectivity index (χ1n) is 7.37. The monoisotopic (exact) mass is 349 g/mol. The molecule has 120 valence electrons. The molecule has 1 aromatic carbocycles. The lowest BCUT2D eigenvalue weighted by molar-refractivity contribution is 0.389. The van der Waals surface area contributed by atoms with E-state index in [9.17, 15) is 8.42 Å². The SMILES string of the molecule is CCc1n[nH]c2c1CN(S(=O)(=O)c1cccc3nsnc13)CC2. The van der Waals surface area contributed by atoms with Crippen molar-refractivity contribution in [3.63, 3.8) is 0 Å². The summed E-state index contributed by atoms with van der Waals surface area (Å²) in [5.41, 5.74) is 4.05. The first kappa shape index (κ1) is 14.7. The maximum absolute atomic E-state index is 13.1. The quantitative estimate of drug-likeness (QED) is 0.777. The van der Waals surface area contributed by atoms with Gasteiger partial charge in [-0.15, -0.1) is 0 Å². The Balaban J connectivity index is 1.77. The summed E-state index contributed by atoms with van der Waals surface area (Å²) in [5, 5.41) is 7.30. The van der Waals surface area contributed by atoms with E-state index >= 15 is 0 Å². The summed E-state index contributed by atoms with van der Waals surface area (Å²) in [6.45, 7) is 2.81. The van der Waals surface area contributed by atoms with Gasteiger partial charge in [0.25, 0.3) is 0 Å². The van der Waals surface area contributed by atoms with Gasteiger partial charge >= 0.3 is 0 Å². The van der Waals surface area contributed by atoms with Gasteiger partial charge in [-0.3, -0.25) is 5.10 Å². The van der Waals surface area contributed by atoms with E-state index in [-0.39, 0.29) is 4.90 Å². The van der Waals surface area contributed by atoms with Crippen LogP contribution < -0.4 is 0 Å². The van der Waals surface area contributed by atoms with Crippen LogP contribution in [0.25, 0.3) is 11.0 Å². The first-order valence-corrected chi connectivity index (χ1v) is 9.54. The first-order chi connectivity index (χ1) is 11.1. The van der Waals surface area contributed by atoms with Crippen molar-refractivity contribution in [3.05, 3.63) is 35.2 Å². The largest absolute Gasteiger partial charge is 0.282 e. The van der Waals surface area contributed by atoms with E-state index in [0.29, 0.717) is 30.5 Å². The van der Waals surface area contributed by atoms with Crippen molar-refractivity contribution in [2.24, 2.45) is 0 Å². The maximum atomic E-state index is 13.1. The predicted octanol–water partition coefficient (Wildman–Crippen LogP) is 1.72. The Morgan fingerprint density at radius 1 is 1.35 bits per heavy atom. The lowest BCUT2D eigenvalue weighted by Gasteiger charge is -2.26. The van der Waals surface area contributed by atoms with Crippen LogP contribution in [0.15, 0.2) is 23.1 Å². The van der Waals surface area contributed by atoms with Crippen molar-refractivity contribution in [2.75, 3.05) is 6.54 Å². The zero-order valence-electron chi connectivity index (χ0n) is 12.5. The van der Waals surface area contributed by atoms with Crippen LogP contribution in [0.4, 0.5) is 0 Å². The van der Waals surface area contributed by atoms with Gasteiger partial charge in [0.15, 0.2) is 0 Å². The summed E-state index contributed by atoms with van der Waals surface area (Å²) in [4.78, 5) is 0.230. The zero-order chi connectivity index (χ0) is 16.0. The van der Waals surface area contributed by atoms with Gasteiger partial charge in [0.05, 0.1) is 17.4 Å². The van der Waals surface area contributed by atoms with Crippen LogP contribution in [0, 0.1) is 0 Å². The third-order valence-corrected chi connectivity index (χ3v) is 6.61. The Morgan fingerprint density at radius 3 is 3.04 bits per heavy atom. The fourth-order valence-corrected chi connectivity index (χ4v) is 5.12. The molecule has 23 heavy (non-hydrogen) atoms. The van der Waals surface area contributed by atoms with E-state index in [1.54, 1.807) is 18.2 Å². The summed E-state index contributed by atoms with van der Waals surface area (Å²) < 4.78 is 35.9. The summed E-state index contributed by atoms with van der Waals surface area (Å²) in [6, 6.07) is 5.09. The van der Waals surface area contributed by atoms with Crippen LogP contribution in [0.3, 0.4) is 0 Å². The molecule has 0 spiro atoms. The Hall–Kier alpha value is -1.84.